The normalized spacial score (nSPS) is 23.8. The molecule has 0 aliphatic carbocycles. The molecule has 1 fully saturated rings. The van der Waals surface area contributed by atoms with E-state index in [0.29, 0.717) is 24.3 Å². The summed E-state index contributed by atoms with van der Waals surface area (Å²) in [5.74, 6) is 1.21. The fourth-order valence-corrected chi connectivity index (χ4v) is 3.92. The van der Waals surface area contributed by atoms with Gasteiger partial charge in [-0.05, 0) is 66.0 Å². The van der Waals surface area contributed by atoms with Crippen LogP contribution in [0.2, 0.25) is 0 Å². The van der Waals surface area contributed by atoms with Gasteiger partial charge in [0.15, 0.2) is 11.5 Å². The average Bonchev–Trinajstić information content (AvgIpc) is 2.71. The second kappa shape index (κ2) is 5.69. The van der Waals surface area contributed by atoms with E-state index in [9.17, 15) is 5.11 Å². The second-order valence-electron chi connectivity index (χ2n) is 5.27. The van der Waals surface area contributed by atoms with Crippen LogP contribution < -0.4 is 10.5 Å². The predicted molar refractivity (Wildman–Crippen MR) is 79.6 cm³/mol. The number of phenols is 1. The van der Waals surface area contributed by atoms with E-state index in [4.69, 9.17) is 10.5 Å². The zero-order chi connectivity index (χ0) is 14.2. The zero-order valence-electron chi connectivity index (χ0n) is 11.6. The maximum atomic E-state index is 9.91. The van der Waals surface area contributed by atoms with Crippen LogP contribution in [0.5, 0.6) is 11.5 Å². The Morgan fingerprint density at radius 3 is 2.79 bits per heavy atom. The molecule has 0 bridgehead atoms. The molecule has 2 atom stereocenters. The van der Waals surface area contributed by atoms with Crippen LogP contribution in [-0.4, -0.2) is 37.3 Å². The molecule has 4 nitrogen and oxygen atoms in total. The van der Waals surface area contributed by atoms with Gasteiger partial charge in [-0.1, -0.05) is 0 Å². The van der Waals surface area contributed by atoms with Crippen LogP contribution >= 0.6 is 15.9 Å². The summed E-state index contributed by atoms with van der Waals surface area (Å²) >= 11 is 3.58. The van der Waals surface area contributed by atoms with Gasteiger partial charge in [-0.3, -0.25) is 4.90 Å². The molecule has 3 N–H and O–H groups in total. The third-order valence-corrected chi connectivity index (χ3v) is 4.74. The van der Waals surface area contributed by atoms with Gasteiger partial charge in [0.05, 0.1) is 11.6 Å². The first kappa shape index (κ1) is 14.6. The number of nitrogens with two attached hydrogens (primary N) is 1. The van der Waals surface area contributed by atoms with Crippen LogP contribution in [-0.2, 0) is 0 Å². The van der Waals surface area contributed by atoms with Crippen molar-refractivity contribution >= 4 is 15.9 Å². The summed E-state index contributed by atoms with van der Waals surface area (Å²) in [6.45, 7) is 3.74. The Labute approximate surface area is 122 Å². The Morgan fingerprint density at radius 1 is 1.58 bits per heavy atom. The summed E-state index contributed by atoms with van der Waals surface area (Å²) in [5.41, 5.74) is 8.05. The summed E-state index contributed by atoms with van der Waals surface area (Å²) < 4.78 is 6.13. The van der Waals surface area contributed by atoms with E-state index < -0.39 is 0 Å². The molecule has 1 aliphatic rings. The molecular formula is C14H21BrN2O2. The minimum Gasteiger partial charge on any atom is -0.504 e. The molecule has 1 aliphatic heterocycles. The number of nitrogens with zero attached hydrogens (tertiary/aromatic N) is 1. The van der Waals surface area contributed by atoms with Crippen LogP contribution in [0, 0.1) is 12.8 Å². The fraction of sp³-hybridized carbons (Fsp3) is 0.571. The average molecular weight is 329 g/mol. The van der Waals surface area contributed by atoms with Crippen LogP contribution in [0.25, 0.3) is 0 Å². The van der Waals surface area contributed by atoms with E-state index in [0.717, 1.165) is 23.0 Å². The summed E-state index contributed by atoms with van der Waals surface area (Å²) in [7, 11) is 3.69. The standard InChI is InChI=1S/C14H21BrN2O2/c1-8-4-11(18)14(19-3)13(15)12(8)10-5-9(6-16)7-17(10)2/h4,9-10,18H,5-7,16H2,1-3H3. The highest BCUT2D eigenvalue weighted by atomic mass is 79.9. The molecule has 2 unspecified atom stereocenters. The van der Waals surface area contributed by atoms with E-state index in [1.54, 1.807) is 13.2 Å². The van der Waals surface area contributed by atoms with Crippen LogP contribution in [0.1, 0.15) is 23.6 Å². The van der Waals surface area contributed by atoms with Crippen molar-refractivity contribution in [3.8, 4) is 11.5 Å². The van der Waals surface area contributed by atoms with E-state index in [-0.39, 0.29) is 5.75 Å². The Bertz CT molecular complexity index is 479. The summed E-state index contributed by atoms with van der Waals surface area (Å²) in [6, 6.07) is 2.08. The first-order valence-corrected chi connectivity index (χ1v) is 7.25. The lowest BCUT2D eigenvalue weighted by atomic mass is 9.95. The number of aryl methyl sites for hydroxylation is 1. The largest absolute Gasteiger partial charge is 0.504 e. The number of hydrogen-bond donors (Lipinski definition) is 2. The number of ether oxygens (including phenoxy) is 1. The Hall–Kier alpha value is -0.780. The van der Waals surface area contributed by atoms with Crippen molar-refractivity contribution in [1.82, 2.24) is 4.90 Å². The van der Waals surface area contributed by atoms with Crippen LogP contribution in [0.4, 0.5) is 0 Å². The second-order valence-corrected chi connectivity index (χ2v) is 6.06. The minimum absolute atomic E-state index is 0.173. The van der Waals surface area contributed by atoms with E-state index in [1.807, 2.05) is 6.92 Å². The molecule has 2 rings (SSSR count). The molecule has 5 heteroatoms. The highest BCUT2D eigenvalue weighted by Crippen LogP contribution is 2.45. The highest BCUT2D eigenvalue weighted by molar-refractivity contribution is 9.10. The summed E-state index contributed by atoms with van der Waals surface area (Å²) in [5, 5.41) is 9.91. The lowest BCUT2D eigenvalue weighted by molar-refractivity contribution is 0.309. The number of benzene rings is 1. The number of methoxy groups -OCH3 is 1. The molecule has 1 aromatic carbocycles. The first-order chi connectivity index (χ1) is 8.99. The van der Waals surface area contributed by atoms with Crippen molar-refractivity contribution in [2.45, 2.75) is 19.4 Å². The van der Waals surface area contributed by atoms with Gasteiger partial charge >= 0.3 is 0 Å². The monoisotopic (exact) mass is 328 g/mol. The third-order valence-electron chi connectivity index (χ3n) is 3.95. The summed E-state index contributed by atoms with van der Waals surface area (Å²) in [4.78, 5) is 2.32. The molecule has 0 saturated carbocycles. The molecule has 1 heterocycles. The van der Waals surface area contributed by atoms with Crippen molar-refractivity contribution in [3.05, 3.63) is 21.7 Å². The Balaban J connectivity index is 2.45. The van der Waals surface area contributed by atoms with Gasteiger partial charge in [0.2, 0.25) is 0 Å². The number of halogens is 1. The maximum absolute atomic E-state index is 9.91. The number of aromatic hydroxyl groups is 1. The maximum Gasteiger partial charge on any atom is 0.175 e. The van der Waals surface area contributed by atoms with Gasteiger partial charge in [-0.15, -0.1) is 0 Å². The Kier molecular flexibility index (Phi) is 4.38. The van der Waals surface area contributed by atoms with E-state index >= 15 is 0 Å². The van der Waals surface area contributed by atoms with Gasteiger partial charge in [0.1, 0.15) is 0 Å². The van der Waals surface area contributed by atoms with Crippen molar-refractivity contribution in [2.75, 3.05) is 27.2 Å². The highest BCUT2D eigenvalue weighted by Gasteiger charge is 2.33. The lowest BCUT2D eigenvalue weighted by Gasteiger charge is -2.24. The van der Waals surface area contributed by atoms with Gasteiger partial charge in [0.25, 0.3) is 0 Å². The predicted octanol–water partition coefficient (Wildman–Crippen LogP) is 2.42. The van der Waals surface area contributed by atoms with Gasteiger partial charge < -0.3 is 15.6 Å². The van der Waals surface area contributed by atoms with Crippen molar-refractivity contribution in [3.63, 3.8) is 0 Å². The minimum atomic E-state index is 0.173. The van der Waals surface area contributed by atoms with Gasteiger partial charge in [-0.25, -0.2) is 0 Å². The molecular weight excluding hydrogens is 308 g/mol. The van der Waals surface area contributed by atoms with Crippen molar-refractivity contribution in [2.24, 2.45) is 11.7 Å². The molecule has 106 valence electrons. The van der Waals surface area contributed by atoms with Crippen molar-refractivity contribution < 1.29 is 9.84 Å². The quantitative estimate of drug-likeness (QED) is 0.894. The number of phenolic OH excluding ortho intramolecular Hbond substituents is 1. The fourth-order valence-electron chi connectivity index (χ4n) is 2.97. The van der Waals surface area contributed by atoms with E-state index in [1.165, 1.54) is 5.56 Å². The molecule has 1 aromatic rings. The molecule has 1 saturated heterocycles. The van der Waals surface area contributed by atoms with E-state index in [2.05, 4.69) is 27.9 Å². The first-order valence-electron chi connectivity index (χ1n) is 6.45. The molecule has 0 aromatic heterocycles. The number of rotatable bonds is 3. The number of hydrogen-bond acceptors (Lipinski definition) is 4. The van der Waals surface area contributed by atoms with Crippen molar-refractivity contribution in [1.29, 1.82) is 0 Å². The van der Waals surface area contributed by atoms with Gasteiger partial charge in [0, 0.05) is 12.6 Å². The molecule has 0 spiro atoms. The molecule has 19 heavy (non-hydrogen) atoms. The van der Waals surface area contributed by atoms with Crippen LogP contribution in [0.3, 0.4) is 0 Å². The van der Waals surface area contributed by atoms with Gasteiger partial charge in [-0.2, -0.15) is 0 Å². The Morgan fingerprint density at radius 2 is 2.26 bits per heavy atom. The summed E-state index contributed by atoms with van der Waals surface area (Å²) in [6.07, 6.45) is 1.04. The number of likely N-dealkylation sites (tertiary alicyclic amines) is 1. The molecule has 0 amide bonds. The topological polar surface area (TPSA) is 58.7 Å². The van der Waals surface area contributed by atoms with Crippen LogP contribution in [0.15, 0.2) is 10.5 Å². The molecule has 0 radical (unpaired) electrons. The zero-order valence-corrected chi connectivity index (χ0v) is 13.2. The SMILES string of the molecule is COc1c(O)cc(C)c(C2CC(CN)CN2C)c1Br. The third kappa shape index (κ3) is 2.59. The lowest BCUT2D eigenvalue weighted by Crippen LogP contribution is -2.21. The smallest absolute Gasteiger partial charge is 0.175 e.